The summed E-state index contributed by atoms with van der Waals surface area (Å²) in [6.07, 6.45) is 4.74. The molecule has 0 radical (unpaired) electrons. The molecule has 0 N–H and O–H groups in total. The third-order valence-corrected chi connectivity index (χ3v) is 6.89. The normalized spacial score (nSPS) is 12.9. The van der Waals surface area contributed by atoms with Crippen LogP contribution in [0.15, 0.2) is 60.7 Å². The summed E-state index contributed by atoms with van der Waals surface area (Å²) in [5, 5.41) is 1.37. The summed E-state index contributed by atoms with van der Waals surface area (Å²) in [5.74, 6) is 0. The fraction of sp³-hybridized carbons (Fsp3) is 0.375. The van der Waals surface area contributed by atoms with Crippen LogP contribution in [0.1, 0.15) is 38.3 Å². The minimum Gasteiger partial charge on any atom is -0.378 e. The zero-order valence-electron chi connectivity index (χ0n) is 17.6. The molecule has 0 saturated carbocycles. The molecule has 0 saturated heterocycles. The van der Waals surface area contributed by atoms with Gasteiger partial charge in [-0.2, -0.15) is 4.57 Å². The first kappa shape index (κ1) is 19.6. The van der Waals surface area contributed by atoms with E-state index in [1.54, 1.807) is 0 Å². The van der Waals surface area contributed by atoms with Crippen molar-refractivity contribution < 1.29 is 4.57 Å². The molecule has 3 heteroatoms. The maximum Gasteiger partial charge on any atom is 0.247 e. The van der Waals surface area contributed by atoms with Gasteiger partial charge in [-0.1, -0.05) is 61.6 Å². The van der Waals surface area contributed by atoms with E-state index in [-0.39, 0.29) is 10.8 Å². The molecule has 0 fully saturated rings. The first-order valence-electron chi connectivity index (χ1n) is 9.48. The Balaban J connectivity index is 1.90. The lowest BCUT2D eigenvalue weighted by molar-refractivity contribution is -0.650. The van der Waals surface area contributed by atoms with Gasteiger partial charge in [0, 0.05) is 31.3 Å². The maximum absolute atomic E-state index is 2.37. The molecule has 3 rings (SSSR count). The van der Waals surface area contributed by atoms with E-state index >= 15 is 0 Å². The zero-order valence-corrected chi connectivity index (χ0v) is 18.4. The standard InChI is InChI=1S/C24H31N2S/c1-23(2,18-12-14-19(15-13-18)25(5)6)16-17-24(3,4)22-26(7)20-10-8-9-11-21(20)27-22/h8-17H,1-7H3/q+1. The quantitative estimate of drug-likeness (QED) is 0.413. The van der Waals surface area contributed by atoms with E-state index in [1.807, 2.05) is 11.3 Å². The van der Waals surface area contributed by atoms with Crippen molar-refractivity contribution in [3.63, 3.8) is 0 Å². The Kier molecular flexibility index (Phi) is 5.18. The lowest BCUT2D eigenvalue weighted by Gasteiger charge is -2.24. The average molecular weight is 380 g/mol. The zero-order chi connectivity index (χ0) is 19.8. The van der Waals surface area contributed by atoms with Crippen LogP contribution in [0.5, 0.6) is 0 Å². The van der Waals surface area contributed by atoms with Crippen molar-refractivity contribution in [2.45, 2.75) is 38.5 Å². The number of aromatic nitrogens is 1. The third kappa shape index (κ3) is 3.93. The van der Waals surface area contributed by atoms with Crippen molar-refractivity contribution in [2.75, 3.05) is 19.0 Å². The highest BCUT2D eigenvalue weighted by Crippen LogP contribution is 2.33. The van der Waals surface area contributed by atoms with E-state index in [4.69, 9.17) is 0 Å². The number of hydrogen-bond acceptors (Lipinski definition) is 2. The first-order chi connectivity index (χ1) is 12.6. The molecule has 0 atom stereocenters. The highest BCUT2D eigenvalue weighted by Gasteiger charge is 2.31. The molecule has 0 spiro atoms. The van der Waals surface area contributed by atoms with Gasteiger partial charge in [0.1, 0.15) is 11.7 Å². The van der Waals surface area contributed by atoms with Crippen molar-refractivity contribution >= 4 is 27.2 Å². The van der Waals surface area contributed by atoms with Crippen molar-refractivity contribution in [2.24, 2.45) is 7.05 Å². The second kappa shape index (κ2) is 7.12. The molecule has 27 heavy (non-hydrogen) atoms. The van der Waals surface area contributed by atoms with Crippen LogP contribution in [0.4, 0.5) is 5.69 Å². The number of para-hydroxylation sites is 1. The van der Waals surface area contributed by atoms with E-state index in [9.17, 15) is 0 Å². The van der Waals surface area contributed by atoms with E-state index in [0.717, 1.165) is 0 Å². The third-order valence-electron chi connectivity index (χ3n) is 5.33. The second-order valence-electron chi connectivity index (χ2n) is 8.65. The summed E-state index contributed by atoms with van der Waals surface area (Å²) in [6.45, 7) is 9.18. The Morgan fingerprint density at radius 2 is 1.44 bits per heavy atom. The molecule has 1 aromatic heterocycles. The molecule has 0 unspecified atom stereocenters. The van der Waals surface area contributed by atoms with Gasteiger partial charge in [0.25, 0.3) is 0 Å². The number of allylic oxidation sites excluding steroid dienone is 2. The van der Waals surface area contributed by atoms with Gasteiger partial charge < -0.3 is 4.90 Å². The van der Waals surface area contributed by atoms with Gasteiger partial charge in [0.2, 0.25) is 10.5 Å². The van der Waals surface area contributed by atoms with E-state index in [0.29, 0.717) is 0 Å². The number of benzene rings is 2. The lowest BCUT2D eigenvalue weighted by Crippen LogP contribution is -2.37. The molecular formula is C24H31N2S+. The van der Waals surface area contributed by atoms with Crippen LogP contribution in [0.25, 0.3) is 10.2 Å². The van der Waals surface area contributed by atoms with Gasteiger partial charge in [0.15, 0.2) is 0 Å². The minimum absolute atomic E-state index is 0.0165. The number of nitrogens with zero attached hydrogens (tertiary/aromatic N) is 2. The molecule has 1 heterocycles. The molecule has 0 aliphatic carbocycles. The Bertz CT molecular complexity index is 960. The largest absolute Gasteiger partial charge is 0.378 e. The van der Waals surface area contributed by atoms with Crippen LogP contribution < -0.4 is 9.47 Å². The van der Waals surface area contributed by atoms with Crippen molar-refractivity contribution in [1.29, 1.82) is 0 Å². The Morgan fingerprint density at radius 1 is 0.852 bits per heavy atom. The van der Waals surface area contributed by atoms with E-state index in [1.165, 1.54) is 26.5 Å². The fourth-order valence-corrected chi connectivity index (χ4v) is 4.67. The van der Waals surface area contributed by atoms with Crippen LogP contribution in [-0.4, -0.2) is 14.1 Å². The number of aryl methyl sites for hydroxylation is 1. The molecule has 0 amide bonds. The number of anilines is 1. The lowest BCUT2D eigenvalue weighted by atomic mass is 9.81. The van der Waals surface area contributed by atoms with Gasteiger partial charge in [0.05, 0.1) is 5.41 Å². The molecular weight excluding hydrogens is 348 g/mol. The molecule has 0 bridgehead atoms. The fourth-order valence-electron chi connectivity index (χ4n) is 3.44. The molecule has 0 aliphatic heterocycles. The number of thiazole rings is 1. The summed E-state index contributed by atoms with van der Waals surface area (Å²) in [5.41, 5.74) is 3.82. The summed E-state index contributed by atoms with van der Waals surface area (Å²) < 4.78 is 3.68. The molecule has 0 aliphatic rings. The van der Waals surface area contributed by atoms with Crippen LogP contribution in [0.3, 0.4) is 0 Å². The van der Waals surface area contributed by atoms with Crippen molar-refractivity contribution in [1.82, 2.24) is 0 Å². The minimum atomic E-state index is -0.0285. The van der Waals surface area contributed by atoms with Gasteiger partial charge in [-0.05, 0) is 37.6 Å². The predicted molar refractivity (Wildman–Crippen MR) is 119 cm³/mol. The molecule has 3 aromatic rings. The summed E-state index contributed by atoms with van der Waals surface area (Å²) in [6, 6.07) is 17.5. The SMILES string of the molecule is CN(C)c1ccc(C(C)(C)C=CC(C)(C)c2sc3ccccc3[n+]2C)cc1. The molecule has 2 nitrogen and oxygen atoms in total. The van der Waals surface area contributed by atoms with E-state index < -0.39 is 0 Å². The van der Waals surface area contributed by atoms with Crippen molar-refractivity contribution in [3.8, 4) is 0 Å². The molecule has 2 aromatic carbocycles. The first-order valence-corrected chi connectivity index (χ1v) is 10.3. The van der Waals surface area contributed by atoms with Crippen molar-refractivity contribution in [3.05, 3.63) is 71.3 Å². The Morgan fingerprint density at radius 3 is 2.04 bits per heavy atom. The van der Waals surface area contributed by atoms with Crippen LogP contribution in [0, 0.1) is 0 Å². The summed E-state index contributed by atoms with van der Waals surface area (Å²) >= 11 is 1.89. The topological polar surface area (TPSA) is 7.12 Å². The monoisotopic (exact) mass is 379 g/mol. The smallest absolute Gasteiger partial charge is 0.247 e. The summed E-state index contributed by atoms with van der Waals surface area (Å²) in [4.78, 5) is 2.14. The Labute approximate surface area is 167 Å². The predicted octanol–water partition coefficient (Wildman–Crippen LogP) is 5.60. The van der Waals surface area contributed by atoms with Crippen LogP contribution >= 0.6 is 11.3 Å². The maximum atomic E-state index is 2.37. The van der Waals surface area contributed by atoms with Gasteiger partial charge in [-0.3, -0.25) is 0 Å². The van der Waals surface area contributed by atoms with Crippen LogP contribution in [0.2, 0.25) is 0 Å². The summed E-state index contributed by atoms with van der Waals surface area (Å²) in [7, 11) is 6.33. The second-order valence-corrected chi connectivity index (χ2v) is 9.68. The molecule has 142 valence electrons. The highest BCUT2D eigenvalue weighted by atomic mass is 32.1. The van der Waals surface area contributed by atoms with Crippen LogP contribution in [-0.2, 0) is 17.9 Å². The average Bonchev–Trinajstić information content (AvgIpc) is 2.98. The number of fused-ring (bicyclic) bond motifs is 1. The van der Waals surface area contributed by atoms with Gasteiger partial charge in [-0.15, -0.1) is 0 Å². The van der Waals surface area contributed by atoms with E-state index in [2.05, 4.69) is 119 Å². The highest BCUT2D eigenvalue weighted by molar-refractivity contribution is 7.18. The van der Waals surface area contributed by atoms with Gasteiger partial charge >= 0.3 is 0 Å². The Hall–Kier alpha value is -2.13. The number of rotatable bonds is 5. The number of hydrogen-bond donors (Lipinski definition) is 0. The van der Waals surface area contributed by atoms with Gasteiger partial charge in [-0.25, -0.2) is 0 Å².